The Balaban J connectivity index is 1.63. The number of thioether (sulfide) groups is 1. The maximum atomic E-state index is 12.2. The number of benzene rings is 1. The Morgan fingerprint density at radius 2 is 2.12 bits per heavy atom. The third kappa shape index (κ3) is 5.06. The number of carbonyl (C=O) groups is 1. The van der Waals surface area contributed by atoms with Crippen LogP contribution in [0.1, 0.15) is 10.7 Å². The van der Waals surface area contributed by atoms with Crippen molar-refractivity contribution in [3.05, 3.63) is 69.6 Å². The number of anilines is 1. The summed E-state index contributed by atoms with van der Waals surface area (Å²) in [5.41, 5.74) is 0.768. The van der Waals surface area contributed by atoms with Crippen molar-refractivity contribution in [2.24, 2.45) is 0 Å². The lowest BCUT2D eigenvalue weighted by Crippen LogP contribution is -2.14. The monoisotopic (exact) mass is 448 g/mol. The summed E-state index contributed by atoms with van der Waals surface area (Å²) in [4.78, 5) is 13.4. The van der Waals surface area contributed by atoms with Gasteiger partial charge in [0.25, 0.3) is 0 Å². The number of rotatable bonds is 8. The first-order valence-corrected chi connectivity index (χ1v) is 10.5. The molecule has 2 aromatic heterocycles. The Morgan fingerprint density at radius 1 is 1.31 bits per heavy atom. The number of thiophene rings is 1. The first-order chi connectivity index (χ1) is 12.7. The number of aromatic nitrogens is 3. The first kappa shape index (κ1) is 18.9. The van der Waals surface area contributed by atoms with Gasteiger partial charge in [-0.2, -0.15) is 0 Å². The second-order valence-corrected chi connectivity index (χ2v) is 8.29. The van der Waals surface area contributed by atoms with Crippen LogP contribution in [0.5, 0.6) is 0 Å². The standard InChI is InChI=1S/C18H17BrN4OS2/c1-2-9-23-16(11-15-4-3-10-25-15)21-22-18(23)26-12-17(24)20-14-7-5-13(19)6-8-14/h2-8,10H,1,9,11-12H2,(H,20,24). The second kappa shape index (κ2) is 9.16. The molecule has 1 aromatic carbocycles. The fraction of sp³-hybridized carbons (Fsp3) is 0.167. The summed E-state index contributed by atoms with van der Waals surface area (Å²) in [6.07, 6.45) is 2.54. The van der Waals surface area contributed by atoms with Gasteiger partial charge in [0.2, 0.25) is 5.91 Å². The van der Waals surface area contributed by atoms with Crippen LogP contribution in [0.25, 0.3) is 0 Å². The minimum absolute atomic E-state index is 0.0784. The number of nitrogens with one attached hydrogen (secondary N) is 1. The quantitative estimate of drug-likeness (QED) is 0.403. The molecule has 3 rings (SSSR count). The van der Waals surface area contributed by atoms with E-state index in [1.807, 2.05) is 46.4 Å². The van der Waals surface area contributed by atoms with Crippen molar-refractivity contribution < 1.29 is 4.79 Å². The summed E-state index contributed by atoms with van der Waals surface area (Å²) in [6.45, 7) is 4.42. The number of amides is 1. The molecule has 0 aliphatic carbocycles. The van der Waals surface area contributed by atoms with E-state index in [0.29, 0.717) is 6.54 Å². The van der Waals surface area contributed by atoms with Gasteiger partial charge in [0.05, 0.1) is 5.75 Å². The highest BCUT2D eigenvalue weighted by atomic mass is 79.9. The highest BCUT2D eigenvalue weighted by molar-refractivity contribution is 9.10. The van der Waals surface area contributed by atoms with Crippen molar-refractivity contribution in [1.29, 1.82) is 0 Å². The molecule has 0 bridgehead atoms. The van der Waals surface area contributed by atoms with Crippen LogP contribution in [-0.4, -0.2) is 26.4 Å². The predicted molar refractivity (Wildman–Crippen MR) is 111 cm³/mol. The summed E-state index contributed by atoms with van der Waals surface area (Å²) >= 11 is 6.44. The van der Waals surface area contributed by atoms with Crippen LogP contribution in [0.3, 0.4) is 0 Å². The Bertz CT molecular complexity index is 875. The number of allylic oxidation sites excluding steroid dienone is 1. The molecular weight excluding hydrogens is 432 g/mol. The topological polar surface area (TPSA) is 59.8 Å². The minimum Gasteiger partial charge on any atom is -0.325 e. The summed E-state index contributed by atoms with van der Waals surface area (Å²) in [7, 11) is 0. The van der Waals surface area contributed by atoms with E-state index in [4.69, 9.17) is 0 Å². The van der Waals surface area contributed by atoms with Crippen LogP contribution < -0.4 is 5.32 Å². The predicted octanol–water partition coefficient (Wildman–Crippen LogP) is 4.61. The summed E-state index contributed by atoms with van der Waals surface area (Å²) in [5, 5.41) is 14.2. The van der Waals surface area contributed by atoms with Gasteiger partial charge in [-0.3, -0.25) is 4.79 Å². The summed E-state index contributed by atoms with van der Waals surface area (Å²) in [6, 6.07) is 11.6. The van der Waals surface area contributed by atoms with Crippen LogP contribution in [0.15, 0.2) is 64.1 Å². The third-order valence-corrected chi connectivity index (χ3v) is 5.85. The highest BCUT2D eigenvalue weighted by Crippen LogP contribution is 2.21. The Morgan fingerprint density at radius 3 is 2.81 bits per heavy atom. The lowest BCUT2D eigenvalue weighted by atomic mass is 10.3. The summed E-state index contributed by atoms with van der Waals surface area (Å²) in [5.74, 6) is 1.07. The SMILES string of the molecule is C=CCn1c(Cc2cccs2)nnc1SCC(=O)Nc1ccc(Br)cc1. The second-order valence-electron chi connectivity index (χ2n) is 5.40. The van der Waals surface area contributed by atoms with Gasteiger partial charge in [0.1, 0.15) is 5.82 Å². The van der Waals surface area contributed by atoms with Crippen LogP contribution in [0.4, 0.5) is 5.69 Å². The molecule has 0 saturated heterocycles. The number of hydrogen-bond donors (Lipinski definition) is 1. The normalized spacial score (nSPS) is 10.7. The zero-order valence-corrected chi connectivity index (χ0v) is 17.1. The Hall–Kier alpha value is -1.90. The molecule has 134 valence electrons. The van der Waals surface area contributed by atoms with Crippen molar-refractivity contribution in [2.75, 3.05) is 11.1 Å². The smallest absolute Gasteiger partial charge is 0.234 e. The molecule has 3 aromatic rings. The molecule has 1 amide bonds. The summed E-state index contributed by atoms with van der Waals surface area (Å²) < 4.78 is 2.98. The van der Waals surface area contributed by atoms with E-state index in [9.17, 15) is 4.79 Å². The Labute approximate surface area is 168 Å². The van der Waals surface area contributed by atoms with Gasteiger partial charge in [0, 0.05) is 28.0 Å². The van der Waals surface area contributed by atoms with E-state index in [2.05, 4.69) is 44.1 Å². The molecule has 0 radical (unpaired) electrons. The molecule has 0 aliphatic rings. The lowest BCUT2D eigenvalue weighted by molar-refractivity contribution is -0.113. The molecule has 5 nitrogen and oxygen atoms in total. The maximum absolute atomic E-state index is 12.2. The number of hydrogen-bond acceptors (Lipinski definition) is 5. The largest absolute Gasteiger partial charge is 0.325 e. The van der Waals surface area contributed by atoms with E-state index >= 15 is 0 Å². The average molecular weight is 449 g/mol. The van der Waals surface area contributed by atoms with Crippen LogP contribution in [0, 0.1) is 0 Å². The molecular formula is C18H17BrN4OS2. The van der Waals surface area contributed by atoms with Crippen LogP contribution in [-0.2, 0) is 17.8 Å². The molecule has 2 heterocycles. The molecule has 1 N–H and O–H groups in total. The van der Waals surface area contributed by atoms with Crippen molar-refractivity contribution >= 4 is 50.6 Å². The van der Waals surface area contributed by atoms with Crippen molar-refractivity contribution in [1.82, 2.24) is 14.8 Å². The molecule has 0 fully saturated rings. The van der Waals surface area contributed by atoms with Crippen LogP contribution >= 0.6 is 39.0 Å². The number of nitrogens with zero attached hydrogens (tertiary/aromatic N) is 3. The van der Waals surface area contributed by atoms with E-state index < -0.39 is 0 Å². The number of halogens is 1. The average Bonchev–Trinajstić information content (AvgIpc) is 3.27. The molecule has 8 heteroatoms. The zero-order valence-electron chi connectivity index (χ0n) is 13.9. The van der Waals surface area contributed by atoms with Gasteiger partial charge in [-0.15, -0.1) is 28.1 Å². The van der Waals surface area contributed by atoms with Crippen molar-refractivity contribution in [3.63, 3.8) is 0 Å². The molecule has 0 saturated carbocycles. The van der Waals surface area contributed by atoms with E-state index in [0.717, 1.165) is 27.6 Å². The van der Waals surface area contributed by atoms with Gasteiger partial charge < -0.3 is 9.88 Å². The van der Waals surface area contributed by atoms with E-state index in [1.54, 1.807) is 11.3 Å². The Kier molecular flexibility index (Phi) is 6.65. The minimum atomic E-state index is -0.0784. The van der Waals surface area contributed by atoms with Gasteiger partial charge in [-0.1, -0.05) is 39.8 Å². The first-order valence-electron chi connectivity index (χ1n) is 7.89. The van der Waals surface area contributed by atoms with Gasteiger partial charge >= 0.3 is 0 Å². The van der Waals surface area contributed by atoms with Gasteiger partial charge in [-0.25, -0.2) is 0 Å². The molecule has 0 spiro atoms. The van der Waals surface area contributed by atoms with Gasteiger partial charge in [-0.05, 0) is 35.7 Å². The van der Waals surface area contributed by atoms with Crippen LogP contribution in [0.2, 0.25) is 0 Å². The lowest BCUT2D eigenvalue weighted by Gasteiger charge is -2.08. The van der Waals surface area contributed by atoms with E-state index in [-0.39, 0.29) is 11.7 Å². The maximum Gasteiger partial charge on any atom is 0.234 e. The molecule has 26 heavy (non-hydrogen) atoms. The third-order valence-electron chi connectivity index (χ3n) is 3.48. The van der Waals surface area contributed by atoms with Crippen molar-refractivity contribution in [3.8, 4) is 0 Å². The highest BCUT2D eigenvalue weighted by Gasteiger charge is 2.14. The fourth-order valence-corrected chi connectivity index (χ4v) is 4.03. The molecule has 0 aliphatic heterocycles. The fourth-order valence-electron chi connectivity index (χ4n) is 2.30. The van der Waals surface area contributed by atoms with Crippen molar-refractivity contribution in [2.45, 2.75) is 18.1 Å². The van der Waals surface area contributed by atoms with Gasteiger partial charge in [0.15, 0.2) is 5.16 Å². The number of carbonyl (C=O) groups excluding carboxylic acids is 1. The molecule has 0 unspecified atom stereocenters. The van der Waals surface area contributed by atoms with E-state index in [1.165, 1.54) is 16.6 Å². The zero-order chi connectivity index (χ0) is 18.4. The molecule has 0 atom stereocenters.